The largest absolute Gasteiger partial charge is 0.466 e. The van der Waals surface area contributed by atoms with E-state index in [1.54, 1.807) is 0 Å². The van der Waals surface area contributed by atoms with E-state index in [2.05, 4.69) is 19.2 Å². The Labute approximate surface area is 470 Å². The molecule has 0 aliphatic rings. The number of aliphatic hydroxyl groups excluding tert-OH is 2. The quantitative estimate of drug-likeness (QED) is 0.0417. The van der Waals surface area contributed by atoms with Gasteiger partial charge in [0.15, 0.2) is 0 Å². The minimum Gasteiger partial charge on any atom is -0.466 e. The zero-order chi connectivity index (χ0) is 54.3. The fourth-order valence-electron chi connectivity index (χ4n) is 11.4. The van der Waals surface area contributed by atoms with Crippen molar-refractivity contribution in [1.82, 2.24) is 5.32 Å². The first-order valence-electron chi connectivity index (χ1n) is 34.8. The molecule has 6 nitrogen and oxygen atoms in total. The minimum atomic E-state index is -0.672. The van der Waals surface area contributed by atoms with Gasteiger partial charge in [-0.2, -0.15) is 0 Å². The molecule has 0 saturated heterocycles. The second-order valence-electron chi connectivity index (χ2n) is 24.2. The Balaban J connectivity index is 3.39. The monoisotopic (exact) mass is 1060 g/mol. The first-order chi connectivity index (χ1) is 37.0. The summed E-state index contributed by atoms with van der Waals surface area (Å²) in [6.07, 6.45) is 78.5. The molecule has 0 bridgehead atoms. The highest BCUT2D eigenvalue weighted by molar-refractivity contribution is 5.76. The van der Waals surface area contributed by atoms with Crippen LogP contribution in [0.3, 0.4) is 0 Å². The summed E-state index contributed by atoms with van der Waals surface area (Å²) in [6, 6.07) is -0.550. The normalized spacial score (nSPS) is 12.4. The van der Waals surface area contributed by atoms with Gasteiger partial charge in [0.2, 0.25) is 5.91 Å². The Bertz CT molecular complexity index is 1080. The smallest absolute Gasteiger partial charge is 0.305 e. The number of hydrogen-bond acceptors (Lipinski definition) is 5. The summed E-state index contributed by atoms with van der Waals surface area (Å²) in [6.45, 7) is 4.99. The van der Waals surface area contributed by atoms with Crippen molar-refractivity contribution in [2.24, 2.45) is 0 Å². The molecular weight excluding hydrogens is 923 g/mol. The maximum absolute atomic E-state index is 12.6. The van der Waals surface area contributed by atoms with Gasteiger partial charge < -0.3 is 20.3 Å². The van der Waals surface area contributed by atoms with Crippen LogP contribution < -0.4 is 5.32 Å². The number of carbonyl (C=O) groups excluding carboxylic acids is 2. The molecule has 0 fully saturated rings. The van der Waals surface area contributed by atoms with Crippen molar-refractivity contribution in [3.05, 3.63) is 0 Å². The Morgan fingerprint density at radius 2 is 0.547 bits per heavy atom. The van der Waals surface area contributed by atoms with Gasteiger partial charge in [0.1, 0.15) is 0 Å². The topological polar surface area (TPSA) is 95.9 Å². The molecule has 75 heavy (non-hydrogen) atoms. The van der Waals surface area contributed by atoms with Gasteiger partial charge in [-0.05, 0) is 25.7 Å². The lowest BCUT2D eigenvalue weighted by Crippen LogP contribution is -2.45. The van der Waals surface area contributed by atoms with Crippen LogP contribution in [-0.4, -0.2) is 47.4 Å². The number of nitrogens with one attached hydrogen (secondary N) is 1. The van der Waals surface area contributed by atoms with E-state index in [1.165, 1.54) is 321 Å². The van der Waals surface area contributed by atoms with E-state index in [1.807, 2.05) is 0 Å². The highest BCUT2D eigenvalue weighted by Crippen LogP contribution is 2.19. The number of amides is 1. The van der Waals surface area contributed by atoms with Crippen molar-refractivity contribution in [3.8, 4) is 0 Å². The van der Waals surface area contributed by atoms with Crippen molar-refractivity contribution in [2.75, 3.05) is 13.2 Å². The number of rotatable bonds is 66. The summed E-state index contributed by atoms with van der Waals surface area (Å²) in [5.41, 5.74) is 0. The number of esters is 1. The van der Waals surface area contributed by atoms with Crippen LogP contribution in [-0.2, 0) is 14.3 Å². The molecule has 1 amide bonds. The van der Waals surface area contributed by atoms with Crippen molar-refractivity contribution in [1.29, 1.82) is 0 Å². The second-order valence-corrected chi connectivity index (χ2v) is 24.2. The fourth-order valence-corrected chi connectivity index (χ4v) is 11.4. The van der Waals surface area contributed by atoms with E-state index >= 15 is 0 Å². The van der Waals surface area contributed by atoms with Crippen LogP contribution in [0.15, 0.2) is 0 Å². The van der Waals surface area contributed by atoms with Crippen LogP contribution in [0.2, 0.25) is 0 Å². The molecule has 0 aromatic carbocycles. The molecule has 0 saturated carbocycles. The van der Waals surface area contributed by atoms with Gasteiger partial charge in [-0.3, -0.25) is 9.59 Å². The first-order valence-corrected chi connectivity index (χ1v) is 34.8. The summed E-state index contributed by atoms with van der Waals surface area (Å²) in [5.74, 6) is -0.0345. The molecule has 0 radical (unpaired) electrons. The highest BCUT2D eigenvalue weighted by atomic mass is 16.5. The SMILES string of the molecule is CCCCCCCCCCCCCCCCCCCCCCCCCCCC(O)C(CO)NC(=O)CCCCCCCCCCCCCCCCOC(=O)CCCCCCCCCCCCCCCCCCCCC. The Kier molecular flexibility index (Phi) is 64.4. The molecule has 2 unspecified atom stereocenters. The molecule has 2 atom stereocenters. The van der Waals surface area contributed by atoms with Crippen molar-refractivity contribution >= 4 is 11.9 Å². The Hall–Kier alpha value is -1.14. The van der Waals surface area contributed by atoms with Crippen LogP contribution in [0.4, 0.5) is 0 Å². The lowest BCUT2D eigenvalue weighted by atomic mass is 10.0. The Morgan fingerprint density at radius 3 is 0.813 bits per heavy atom. The summed E-state index contributed by atoms with van der Waals surface area (Å²) in [5, 5.41) is 23.4. The summed E-state index contributed by atoms with van der Waals surface area (Å²) in [4.78, 5) is 24.7. The third-order valence-corrected chi connectivity index (χ3v) is 16.7. The van der Waals surface area contributed by atoms with Crippen molar-refractivity contribution in [2.45, 2.75) is 418 Å². The average molecular weight is 1060 g/mol. The van der Waals surface area contributed by atoms with E-state index < -0.39 is 12.1 Å². The predicted molar refractivity (Wildman–Crippen MR) is 329 cm³/mol. The standard InChI is InChI=1S/C69H137NO5/c1-3-5-7-9-11-13-15-17-19-21-23-24-25-26-27-28-30-31-33-37-41-45-49-53-57-61-67(72)66(65-71)70-68(73)62-58-54-50-46-42-38-35-36-40-44-48-52-56-60-64-75-69(74)63-59-55-51-47-43-39-34-32-29-22-20-18-16-14-12-10-8-6-4-2/h66-67,71-72H,3-65H2,1-2H3,(H,70,73). The lowest BCUT2D eigenvalue weighted by Gasteiger charge is -2.22. The summed E-state index contributed by atoms with van der Waals surface area (Å²) in [7, 11) is 0. The molecule has 0 aromatic rings. The maximum Gasteiger partial charge on any atom is 0.305 e. The van der Waals surface area contributed by atoms with Gasteiger partial charge in [0.25, 0.3) is 0 Å². The fraction of sp³-hybridized carbons (Fsp3) is 0.971. The molecule has 0 aliphatic heterocycles. The Morgan fingerprint density at radius 1 is 0.320 bits per heavy atom. The third-order valence-electron chi connectivity index (χ3n) is 16.7. The minimum absolute atomic E-state index is 0.00469. The van der Waals surface area contributed by atoms with Gasteiger partial charge in [-0.15, -0.1) is 0 Å². The van der Waals surface area contributed by atoms with Gasteiger partial charge in [0.05, 0.1) is 25.4 Å². The molecule has 3 N–H and O–H groups in total. The molecule has 6 heteroatoms. The van der Waals surface area contributed by atoms with Crippen molar-refractivity contribution in [3.63, 3.8) is 0 Å². The molecule has 0 rings (SSSR count). The van der Waals surface area contributed by atoms with Gasteiger partial charge in [-0.25, -0.2) is 0 Å². The zero-order valence-corrected chi connectivity index (χ0v) is 51.3. The van der Waals surface area contributed by atoms with Crippen molar-refractivity contribution < 1.29 is 24.5 Å². The molecule has 0 aromatic heterocycles. The van der Waals surface area contributed by atoms with E-state index in [0.29, 0.717) is 25.9 Å². The third kappa shape index (κ3) is 61.9. The highest BCUT2D eigenvalue weighted by Gasteiger charge is 2.20. The van der Waals surface area contributed by atoms with E-state index in [0.717, 1.165) is 51.4 Å². The molecular formula is C69H137NO5. The number of ether oxygens (including phenoxy) is 1. The average Bonchev–Trinajstić information content (AvgIpc) is 3.41. The molecule has 448 valence electrons. The zero-order valence-electron chi connectivity index (χ0n) is 51.3. The van der Waals surface area contributed by atoms with E-state index in [-0.39, 0.29) is 18.5 Å². The van der Waals surface area contributed by atoms with E-state index in [4.69, 9.17) is 4.74 Å². The van der Waals surface area contributed by atoms with Crippen LogP contribution in [0.25, 0.3) is 0 Å². The number of aliphatic hydroxyl groups is 2. The maximum atomic E-state index is 12.6. The molecule has 0 heterocycles. The molecule has 0 spiro atoms. The van der Waals surface area contributed by atoms with Crippen LogP contribution in [0, 0.1) is 0 Å². The summed E-state index contributed by atoms with van der Waals surface area (Å²) < 4.78 is 5.50. The lowest BCUT2D eigenvalue weighted by molar-refractivity contribution is -0.143. The van der Waals surface area contributed by atoms with Gasteiger partial charge in [0, 0.05) is 12.8 Å². The second kappa shape index (κ2) is 65.4. The van der Waals surface area contributed by atoms with Crippen LogP contribution in [0.1, 0.15) is 406 Å². The van der Waals surface area contributed by atoms with Gasteiger partial charge >= 0.3 is 5.97 Å². The predicted octanol–water partition coefficient (Wildman–Crippen LogP) is 22.2. The first kappa shape index (κ1) is 73.9. The number of carbonyl (C=O) groups is 2. The van der Waals surface area contributed by atoms with Crippen LogP contribution >= 0.6 is 0 Å². The van der Waals surface area contributed by atoms with Gasteiger partial charge in [-0.1, -0.05) is 367 Å². The molecule has 0 aliphatic carbocycles. The van der Waals surface area contributed by atoms with E-state index in [9.17, 15) is 19.8 Å². The van der Waals surface area contributed by atoms with Crippen LogP contribution in [0.5, 0.6) is 0 Å². The number of hydrogen-bond donors (Lipinski definition) is 3. The number of unbranched alkanes of at least 4 members (excludes halogenated alkanes) is 55. The summed E-state index contributed by atoms with van der Waals surface area (Å²) >= 11 is 0.